The Balaban J connectivity index is 2.53. The first-order valence-electron chi connectivity index (χ1n) is 4.26. The molecule has 4 heteroatoms. The van der Waals surface area contributed by atoms with E-state index in [0.29, 0.717) is 19.8 Å². The molecule has 2 N–H and O–H groups in total. The van der Waals surface area contributed by atoms with Gasteiger partial charge in [-0.3, -0.25) is 4.79 Å². The van der Waals surface area contributed by atoms with Crippen LogP contribution in [0.3, 0.4) is 0 Å². The fourth-order valence-corrected chi connectivity index (χ4v) is 1.32. The fourth-order valence-electron chi connectivity index (χ4n) is 1.32. The van der Waals surface area contributed by atoms with Gasteiger partial charge in [-0.1, -0.05) is 0 Å². The lowest BCUT2D eigenvalue weighted by molar-refractivity contribution is -0.140. The first kappa shape index (κ1) is 9.48. The smallest absolute Gasteiger partial charge is 0.239 e. The molecule has 0 unspecified atom stereocenters. The molecule has 0 aromatic heterocycles. The van der Waals surface area contributed by atoms with Crippen molar-refractivity contribution in [3.05, 3.63) is 0 Å². The van der Waals surface area contributed by atoms with Gasteiger partial charge in [-0.05, 0) is 13.8 Å². The lowest BCUT2D eigenvalue weighted by Gasteiger charge is -2.34. The van der Waals surface area contributed by atoms with E-state index in [2.05, 4.69) is 0 Å². The molecule has 1 fully saturated rings. The second kappa shape index (κ2) is 3.87. The van der Waals surface area contributed by atoms with Crippen LogP contribution in [0.5, 0.6) is 0 Å². The Hall–Kier alpha value is -0.610. The molecule has 0 aromatic carbocycles. The van der Waals surface area contributed by atoms with Gasteiger partial charge in [0.2, 0.25) is 5.91 Å². The van der Waals surface area contributed by atoms with Crippen LogP contribution in [0.15, 0.2) is 0 Å². The number of amides is 1. The van der Waals surface area contributed by atoms with Crippen LogP contribution in [0, 0.1) is 0 Å². The van der Waals surface area contributed by atoms with E-state index in [4.69, 9.17) is 10.5 Å². The van der Waals surface area contributed by atoms with Crippen molar-refractivity contribution in [2.45, 2.75) is 25.9 Å². The summed E-state index contributed by atoms with van der Waals surface area (Å²) in [5, 5.41) is 0. The Morgan fingerprint density at radius 1 is 1.75 bits per heavy atom. The van der Waals surface area contributed by atoms with E-state index < -0.39 is 6.04 Å². The van der Waals surface area contributed by atoms with Crippen molar-refractivity contribution in [3.8, 4) is 0 Å². The molecule has 0 spiro atoms. The standard InChI is InChI=1S/C8H16N2O2/c1-6-5-12-4-3-10(6)8(11)7(2)9/h6-7H,3-5,9H2,1-2H3/t6-,7+/m1/s1. The molecular weight excluding hydrogens is 156 g/mol. The summed E-state index contributed by atoms with van der Waals surface area (Å²) in [6.07, 6.45) is 0. The third kappa shape index (κ3) is 1.95. The van der Waals surface area contributed by atoms with E-state index in [1.807, 2.05) is 6.92 Å². The lowest BCUT2D eigenvalue weighted by atomic mass is 10.2. The average Bonchev–Trinajstić information content (AvgIpc) is 2.04. The summed E-state index contributed by atoms with van der Waals surface area (Å²) < 4.78 is 5.21. The van der Waals surface area contributed by atoms with E-state index in [0.717, 1.165) is 0 Å². The number of hydrogen-bond donors (Lipinski definition) is 1. The van der Waals surface area contributed by atoms with Gasteiger partial charge in [-0.2, -0.15) is 0 Å². The van der Waals surface area contributed by atoms with Crippen LogP contribution >= 0.6 is 0 Å². The molecular formula is C8H16N2O2. The minimum absolute atomic E-state index is 0.0193. The Bertz CT molecular complexity index is 170. The Labute approximate surface area is 72.7 Å². The normalized spacial score (nSPS) is 26.9. The number of carbonyl (C=O) groups excluding carboxylic acids is 1. The van der Waals surface area contributed by atoms with Crippen LogP contribution in [0.1, 0.15) is 13.8 Å². The number of nitrogens with zero attached hydrogens (tertiary/aromatic N) is 1. The minimum Gasteiger partial charge on any atom is -0.377 e. The van der Waals surface area contributed by atoms with Crippen molar-refractivity contribution < 1.29 is 9.53 Å². The van der Waals surface area contributed by atoms with Crippen molar-refractivity contribution in [2.75, 3.05) is 19.8 Å². The fraction of sp³-hybridized carbons (Fsp3) is 0.875. The molecule has 1 heterocycles. The Kier molecular flexibility index (Phi) is 3.05. The molecule has 0 aliphatic carbocycles. The number of hydrogen-bond acceptors (Lipinski definition) is 3. The number of morpholine rings is 1. The van der Waals surface area contributed by atoms with Gasteiger partial charge in [-0.15, -0.1) is 0 Å². The van der Waals surface area contributed by atoms with E-state index in [1.165, 1.54) is 0 Å². The van der Waals surface area contributed by atoms with E-state index in [1.54, 1.807) is 11.8 Å². The summed E-state index contributed by atoms with van der Waals surface area (Å²) in [5.41, 5.74) is 5.50. The molecule has 0 saturated carbocycles. The van der Waals surface area contributed by atoms with Crippen LogP contribution < -0.4 is 5.73 Å². The second-order valence-electron chi connectivity index (χ2n) is 3.24. The molecule has 0 radical (unpaired) electrons. The lowest BCUT2D eigenvalue weighted by Crippen LogP contribution is -2.52. The van der Waals surface area contributed by atoms with Crippen molar-refractivity contribution in [2.24, 2.45) is 5.73 Å². The predicted octanol–water partition coefficient (Wildman–Crippen LogP) is -0.419. The molecule has 1 saturated heterocycles. The molecule has 12 heavy (non-hydrogen) atoms. The largest absolute Gasteiger partial charge is 0.377 e. The summed E-state index contributed by atoms with van der Waals surface area (Å²) in [6, 6.07) is -0.234. The monoisotopic (exact) mass is 172 g/mol. The highest BCUT2D eigenvalue weighted by Crippen LogP contribution is 2.07. The second-order valence-corrected chi connectivity index (χ2v) is 3.24. The van der Waals surface area contributed by atoms with Gasteiger partial charge >= 0.3 is 0 Å². The van der Waals surface area contributed by atoms with E-state index >= 15 is 0 Å². The summed E-state index contributed by atoms with van der Waals surface area (Å²) in [7, 11) is 0. The maximum Gasteiger partial charge on any atom is 0.239 e. The molecule has 70 valence electrons. The summed E-state index contributed by atoms with van der Waals surface area (Å²) in [5.74, 6) is 0.0193. The molecule has 1 aliphatic rings. The van der Waals surface area contributed by atoms with Gasteiger partial charge in [0, 0.05) is 6.54 Å². The summed E-state index contributed by atoms with van der Waals surface area (Å²) >= 11 is 0. The van der Waals surface area contributed by atoms with E-state index in [-0.39, 0.29) is 11.9 Å². The van der Waals surface area contributed by atoms with Crippen molar-refractivity contribution >= 4 is 5.91 Å². The zero-order valence-electron chi connectivity index (χ0n) is 7.62. The zero-order valence-corrected chi connectivity index (χ0v) is 7.62. The number of ether oxygens (including phenoxy) is 1. The van der Waals surface area contributed by atoms with Crippen molar-refractivity contribution in [1.29, 1.82) is 0 Å². The number of nitrogens with two attached hydrogens (primary N) is 1. The van der Waals surface area contributed by atoms with Crippen LogP contribution in [0.2, 0.25) is 0 Å². The van der Waals surface area contributed by atoms with Crippen molar-refractivity contribution in [1.82, 2.24) is 4.90 Å². The summed E-state index contributed by atoms with van der Waals surface area (Å²) in [4.78, 5) is 13.2. The maximum atomic E-state index is 11.5. The molecule has 1 rings (SSSR count). The predicted molar refractivity (Wildman–Crippen MR) is 45.6 cm³/mol. The highest BCUT2D eigenvalue weighted by Gasteiger charge is 2.25. The van der Waals surface area contributed by atoms with Crippen LogP contribution in [0.4, 0.5) is 0 Å². The van der Waals surface area contributed by atoms with Gasteiger partial charge in [0.25, 0.3) is 0 Å². The molecule has 0 aromatic rings. The zero-order chi connectivity index (χ0) is 9.14. The summed E-state index contributed by atoms with van der Waals surface area (Å²) in [6.45, 7) is 5.60. The average molecular weight is 172 g/mol. The highest BCUT2D eigenvalue weighted by molar-refractivity contribution is 5.81. The number of carbonyl (C=O) groups is 1. The van der Waals surface area contributed by atoms with Crippen LogP contribution in [-0.2, 0) is 9.53 Å². The third-order valence-corrected chi connectivity index (χ3v) is 2.04. The van der Waals surface area contributed by atoms with Gasteiger partial charge in [-0.25, -0.2) is 0 Å². The molecule has 1 aliphatic heterocycles. The topological polar surface area (TPSA) is 55.6 Å². The maximum absolute atomic E-state index is 11.5. The molecule has 1 amide bonds. The SMILES string of the molecule is C[C@H](N)C(=O)N1CCOC[C@H]1C. The quantitative estimate of drug-likeness (QED) is 0.584. The number of rotatable bonds is 1. The Morgan fingerprint density at radius 2 is 2.42 bits per heavy atom. The molecule has 2 atom stereocenters. The van der Waals surface area contributed by atoms with Crippen LogP contribution in [0.25, 0.3) is 0 Å². The molecule has 0 bridgehead atoms. The first-order valence-corrected chi connectivity index (χ1v) is 4.26. The van der Waals surface area contributed by atoms with Gasteiger partial charge < -0.3 is 15.4 Å². The first-order chi connectivity index (χ1) is 5.63. The van der Waals surface area contributed by atoms with Crippen molar-refractivity contribution in [3.63, 3.8) is 0 Å². The van der Waals surface area contributed by atoms with Gasteiger partial charge in [0.05, 0.1) is 25.3 Å². The Morgan fingerprint density at radius 3 is 2.92 bits per heavy atom. The van der Waals surface area contributed by atoms with Crippen LogP contribution in [-0.4, -0.2) is 42.6 Å². The van der Waals surface area contributed by atoms with E-state index in [9.17, 15) is 4.79 Å². The highest BCUT2D eigenvalue weighted by atomic mass is 16.5. The third-order valence-electron chi connectivity index (χ3n) is 2.04. The van der Waals surface area contributed by atoms with Gasteiger partial charge in [0.15, 0.2) is 0 Å². The minimum atomic E-state index is -0.398. The molecule has 4 nitrogen and oxygen atoms in total. The van der Waals surface area contributed by atoms with Gasteiger partial charge in [0.1, 0.15) is 0 Å².